The number of anilines is 1. The van der Waals surface area contributed by atoms with Crippen LogP contribution in [0.4, 0.5) is 5.82 Å². The highest BCUT2D eigenvalue weighted by molar-refractivity contribution is 7.17. The van der Waals surface area contributed by atoms with Crippen LogP contribution in [0.5, 0.6) is 5.75 Å². The van der Waals surface area contributed by atoms with Crippen molar-refractivity contribution in [3.05, 3.63) is 41.8 Å². The lowest BCUT2D eigenvalue weighted by Crippen LogP contribution is -2.44. The number of likely N-dealkylation sites (N-methyl/N-ethyl adjacent to an activating group) is 1. The molecule has 5 nitrogen and oxygen atoms in total. The SMILES string of the molecule is CN1CCN(c2nc(-c3ccc(OCCO)cc3)cc3ccsc23)CC1. The molecule has 1 aliphatic heterocycles. The summed E-state index contributed by atoms with van der Waals surface area (Å²) in [7, 11) is 2.17. The van der Waals surface area contributed by atoms with Crippen LogP contribution in [0.1, 0.15) is 0 Å². The molecule has 6 heteroatoms. The van der Waals surface area contributed by atoms with Crippen LogP contribution in [-0.4, -0.2) is 61.4 Å². The summed E-state index contributed by atoms with van der Waals surface area (Å²) in [6.45, 7) is 4.48. The predicted molar refractivity (Wildman–Crippen MR) is 107 cm³/mol. The summed E-state index contributed by atoms with van der Waals surface area (Å²) in [6, 6.07) is 12.3. The fraction of sp³-hybridized carbons (Fsp3) is 0.350. The minimum atomic E-state index is 0.0204. The molecule has 0 radical (unpaired) electrons. The third kappa shape index (κ3) is 3.53. The maximum atomic E-state index is 8.87. The summed E-state index contributed by atoms with van der Waals surface area (Å²) in [6.07, 6.45) is 0. The van der Waals surface area contributed by atoms with Crippen LogP contribution in [0.25, 0.3) is 21.3 Å². The number of ether oxygens (including phenoxy) is 1. The van der Waals surface area contributed by atoms with Gasteiger partial charge in [-0.05, 0) is 54.2 Å². The Morgan fingerprint density at radius 2 is 1.88 bits per heavy atom. The molecule has 136 valence electrons. The van der Waals surface area contributed by atoms with Crippen molar-refractivity contribution in [3.63, 3.8) is 0 Å². The first-order chi connectivity index (χ1) is 12.7. The summed E-state index contributed by atoms with van der Waals surface area (Å²) in [5.41, 5.74) is 2.06. The molecule has 3 heterocycles. The molecule has 0 unspecified atom stereocenters. The number of hydrogen-bond donors (Lipinski definition) is 1. The topological polar surface area (TPSA) is 48.8 Å². The maximum absolute atomic E-state index is 8.87. The minimum Gasteiger partial charge on any atom is -0.491 e. The van der Waals surface area contributed by atoms with Crippen molar-refractivity contribution >= 4 is 27.2 Å². The fourth-order valence-corrected chi connectivity index (χ4v) is 4.12. The van der Waals surface area contributed by atoms with Gasteiger partial charge >= 0.3 is 0 Å². The molecule has 0 atom stereocenters. The lowest BCUT2D eigenvalue weighted by atomic mass is 10.1. The van der Waals surface area contributed by atoms with Crippen molar-refractivity contribution in [2.75, 3.05) is 51.3 Å². The molecule has 4 rings (SSSR count). The van der Waals surface area contributed by atoms with Crippen LogP contribution >= 0.6 is 11.3 Å². The van der Waals surface area contributed by atoms with Gasteiger partial charge in [-0.1, -0.05) is 0 Å². The number of aliphatic hydroxyl groups is 1. The highest BCUT2D eigenvalue weighted by Crippen LogP contribution is 2.34. The van der Waals surface area contributed by atoms with Gasteiger partial charge in [0.2, 0.25) is 0 Å². The number of rotatable bonds is 5. The van der Waals surface area contributed by atoms with Gasteiger partial charge < -0.3 is 19.6 Å². The molecule has 1 aromatic carbocycles. The number of fused-ring (bicyclic) bond motifs is 1. The summed E-state index contributed by atoms with van der Waals surface area (Å²) in [5, 5.41) is 12.3. The monoisotopic (exact) mass is 369 g/mol. The molecule has 0 saturated carbocycles. The van der Waals surface area contributed by atoms with E-state index in [0.717, 1.165) is 49.0 Å². The lowest BCUT2D eigenvalue weighted by molar-refractivity contribution is 0.201. The van der Waals surface area contributed by atoms with E-state index < -0.39 is 0 Å². The first kappa shape index (κ1) is 17.3. The highest BCUT2D eigenvalue weighted by Gasteiger charge is 2.19. The third-order valence-corrected chi connectivity index (χ3v) is 5.66. The average Bonchev–Trinajstić information content (AvgIpc) is 3.15. The van der Waals surface area contributed by atoms with E-state index >= 15 is 0 Å². The van der Waals surface area contributed by atoms with E-state index in [1.807, 2.05) is 24.3 Å². The Kier molecular flexibility index (Phi) is 5.06. The van der Waals surface area contributed by atoms with Gasteiger partial charge in [-0.25, -0.2) is 4.98 Å². The first-order valence-corrected chi connectivity index (χ1v) is 9.78. The number of pyridine rings is 1. The van der Waals surface area contributed by atoms with Crippen LogP contribution in [-0.2, 0) is 0 Å². The standard InChI is InChI=1S/C20H23N3O2S/c1-22-7-9-23(10-8-22)20-19-16(6-13-26-19)14-18(21-20)15-2-4-17(5-3-15)25-12-11-24/h2-6,13-14,24H,7-12H2,1H3. The summed E-state index contributed by atoms with van der Waals surface area (Å²) in [4.78, 5) is 9.78. The van der Waals surface area contributed by atoms with E-state index in [9.17, 15) is 0 Å². The fourth-order valence-electron chi connectivity index (χ4n) is 3.22. The van der Waals surface area contributed by atoms with Crippen LogP contribution in [0.3, 0.4) is 0 Å². The largest absolute Gasteiger partial charge is 0.491 e. The zero-order chi connectivity index (χ0) is 17.9. The van der Waals surface area contributed by atoms with Crippen molar-refractivity contribution in [1.29, 1.82) is 0 Å². The van der Waals surface area contributed by atoms with Crippen molar-refractivity contribution in [2.24, 2.45) is 0 Å². The Bertz CT molecular complexity index is 870. The minimum absolute atomic E-state index is 0.0204. The van der Waals surface area contributed by atoms with E-state index in [0.29, 0.717) is 6.61 Å². The molecule has 0 bridgehead atoms. The first-order valence-electron chi connectivity index (χ1n) is 8.90. The van der Waals surface area contributed by atoms with E-state index in [1.165, 1.54) is 10.1 Å². The van der Waals surface area contributed by atoms with Crippen LogP contribution in [0.2, 0.25) is 0 Å². The maximum Gasteiger partial charge on any atom is 0.147 e. The van der Waals surface area contributed by atoms with Crippen LogP contribution < -0.4 is 9.64 Å². The molecule has 1 aliphatic rings. The number of benzene rings is 1. The Balaban J connectivity index is 1.67. The normalized spacial score (nSPS) is 15.5. The summed E-state index contributed by atoms with van der Waals surface area (Å²) >= 11 is 1.76. The van der Waals surface area contributed by atoms with Crippen LogP contribution in [0, 0.1) is 0 Å². The Labute approximate surface area is 157 Å². The second-order valence-corrected chi connectivity index (χ2v) is 7.47. The number of nitrogens with zero attached hydrogens (tertiary/aromatic N) is 3. The molecular weight excluding hydrogens is 346 g/mol. The molecular formula is C20H23N3O2S. The molecule has 1 saturated heterocycles. The smallest absolute Gasteiger partial charge is 0.147 e. The van der Waals surface area contributed by atoms with E-state index in [1.54, 1.807) is 11.3 Å². The Morgan fingerprint density at radius 1 is 1.12 bits per heavy atom. The van der Waals surface area contributed by atoms with Gasteiger partial charge in [-0.2, -0.15) is 0 Å². The molecule has 26 heavy (non-hydrogen) atoms. The molecule has 0 spiro atoms. The zero-order valence-electron chi connectivity index (χ0n) is 14.9. The molecule has 2 aromatic heterocycles. The van der Waals surface area contributed by atoms with Gasteiger partial charge in [0.15, 0.2) is 0 Å². The number of thiophene rings is 1. The number of piperazine rings is 1. The van der Waals surface area contributed by atoms with Gasteiger partial charge in [-0.15, -0.1) is 11.3 Å². The quantitative estimate of drug-likeness (QED) is 0.749. The lowest BCUT2D eigenvalue weighted by Gasteiger charge is -2.33. The van der Waals surface area contributed by atoms with Crippen molar-refractivity contribution < 1.29 is 9.84 Å². The van der Waals surface area contributed by atoms with E-state index in [4.69, 9.17) is 14.8 Å². The number of hydrogen-bond acceptors (Lipinski definition) is 6. The molecule has 1 N–H and O–H groups in total. The van der Waals surface area contributed by atoms with E-state index in [-0.39, 0.29) is 6.61 Å². The zero-order valence-corrected chi connectivity index (χ0v) is 15.7. The van der Waals surface area contributed by atoms with Gasteiger partial charge in [0.25, 0.3) is 0 Å². The van der Waals surface area contributed by atoms with Crippen molar-refractivity contribution in [1.82, 2.24) is 9.88 Å². The van der Waals surface area contributed by atoms with Crippen LogP contribution in [0.15, 0.2) is 41.8 Å². The van der Waals surface area contributed by atoms with Crippen molar-refractivity contribution in [2.45, 2.75) is 0 Å². The second-order valence-electron chi connectivity index (χ2n) is 6.56. The summed E-state index contributed by atoms with van der Waals surface area (Å²) < 4.78 is 6.72. The molecule has 0 aliphatic carbocycles. The van der Waals surface area contributed by atoms with Gasteiger partial charge in [0, 0.05) is 31.7 Å². The Hall–Kier alpha value is -2.15. The van der Waals surface area contributed by atoms with E-state index in [2.05, 4.69) is 34.4 Å². The Morgan fingerprint density at radius 3 is 2.62 bits per heavy atom. The van der Waals surface area contributed by atoms with Gasteiger partial charge in [-0.3, -0.25) is 0 Å². The molecule has 0 amide bonds. The number of aromatic nitrogens is 1. The van der Waals surface area contributed by atoms with Crippen molar-refractivity contribution in [3.8, 4) is 17.0 Å². The number of aliphatic hydroxyl groups excluding tert-OH is 1. The summed E-state index contributed by atoms with van der Waals surface area (Å²) in [5.74, 6) is 1.86. The predicted octanol–water partition coefficient (Wildman–Crippen LogP) is 3.09. The average molecular weight is 369 g/mol. The highest BCUT2D eigenvalue weighted by atomic mass is 32.1. The van der Waals surface area contributed by atoms with Gasteiger partial charge in [0.05, 0.1) is 17.0 Å². The van der Waals surface area contributed by atoms with Gasteiger partial charge in [0.1, 0.15) is 18.2 Å². The second kappa shape index (κ2) is 7.61. The molecule has 3 aromatic rings. The third-order valence-electron chi connectivity index (χ3n) is 4.73. The molecule has 1 fully saturated rings.